The van der Waals surface area contributed by atoms with E-state index in [-0.39, 0.29) is 24.1 Å². The van der Waals surface area contributed by atoms with Crippen molar-refractivity contribution in [3.05, 3.63) is 22.7 Å². The number of phenolic OH excluding ortho intramolecular Hbond substituents is 1. The van der Waals surface area contributed by atoms with Gasteiger partial charge in [-0.3, -0.25) is 4.79 Å². The molecule has 6 heteroatoms. The fraction of sp³-hybridized carbons (Fsp3) is 0.300. The lowest BCUT2D eigenvalue weighted by molar-refractivity contribution is -0.117. The number of hydrogen-bond donors (Lipinski definition) is 3. The number of phenols is 1. The quantitative estimate of drug-likeness (QED) is 0.750. The van der Waals surface area contributed by atoms with Crippen LogP contribution in [0.3, 0.4) is 0 Å². The summed E-state index contributed by atoms with van der Waals surface area (Å²) in [4.78, 5) is 11.4. The molecule has 1 aromatic carbocycles. The normalized spacial score (nSPS) is 11.4. The molecule has 0 spiro atoms. The summed E-state index contributed by atoms with van der Waals surface area (Å²) in [6, 6.07) is 4.25. The minimum atomic E-state index is -0.552. The minimum absolute atomic E-state index is 0. The zero-order valence-corrected chi connectivity index (χ0v) is 11.1. The van der Waals surface area contributed by atoms with Crippen molar-refractivity contribution in [2.45, 2.75) is 19.4 Å². The van der Waals surface area contributed by atoms with Crippen LogP contribution in [0.2, 0.25) is 0 Å². The molecule has 1 rings (SSSR count). The van der Waals surface area contributed by atoms with E-state index in [1.54, 1.807) is 12.1 Å². The van der Waals surface area contributed by atoms with Crippen LogP contribution in [0.1, 0.15) is 13.3 Å². The first-order chi connectivity index (χ1) is 7.04. The van der Waals surface area contributed by atoms with Crippen molar-refractivity contribution in [2.24, 2.45) is 5.73 Å². The second kappa shape index (κ2) is 6.73. The third-order valence-electron chi connectivity index (χ3n) is 1.99. The van der Waals surface area contributed by atoms with Gasteiger partial charge in [0, 0.05) is 4.47 Å². The van der Waals surface area contributed by atoms with Crippen molar-refractivity contribution in [3.63, 3.8) is 0 Å². The van der Waals surface area contributed by atoms with Gasteiger partial charge in [-0.1, -0.05) is 22.9 Å². The monoisotopic (exact) mass is 308 g/mol. The van der Waals surface area contributed by atoms with Crippen molar-refractivity contribution in [2.75, 3.05) is 5.32 Å². The maximum absolute atomic E-state index is 11.4. The standard InChI is InChI=1S/C10H13BrN2O2.ClH/c1-2-7(12)10(15)13-8-5-6(11)3-4-9(8)14;/h3-5,7,14H,2,12H2,1H3,(H,13,15);1H/t7-;/m0./s1. The molecule has 16 heavy (non-hydrogen) atoms. The summed E-state index contributed by atoms with van der Waals surface area (Å²) in [6.07, 6.45) is 0.556. The number of carbonyl (C=O) groups is 1. The van der Waals surface area contributed by atoms with Crippen molar-refractivity contribution in [3.8, 4) is 5.75 Å². The molecule has 1 amide bonds. The fourth-order valence-corrected chi connectivity index (χ4v) is 1.38. The van der Waals surface area contributed by atoms with Gasteiger partial charge >= 0.3 is 0 Å². The molecular formula is C10H14BrClN2O2. The summed E-state index contributed by atoms with van der Waals surface area (Å²) in [5.41, 5.74) is 5.91. The number of benzene rings is 1. The molecule has 0 saturated heterocycles. The Kier molecular flexibility index (Phi) is 6.40. The van der Waals surface area contributed by atoms with Gasteiger partial charge in [0.15, 0.2) is 0 Å². The Morgan fingerprint density at radius 1 is 1.62 bits per heavy atom. The molecule has 0 radical (unpaired) electrons. The lowest BCUT2D eigenvalue weighted by atomic mass is 10.2. The fourth-order valence-electron chi connectivity index (χ4n) is 1.02. The Morgan fingerprint density at radius 2 is 2.25 bits per heavy atom. The van der Waals surface area contributed by atoms with Gasteiger partial charge in [0.05, 0.1) is 11.7 Å². The van der Waals surface area contributed by atoms with E-state index >= 15 is 0 Å². The van der Waals surface area contributed by atoms with Crippen molar-refractivity contribution in [1.82, 2.24) is 0 Å². The average molecular weight is 310 g/mol. The van der Waals surface area contributed by atoms with Gasteiger partial charge in [0.1, 0.15) is 5.75 Å². The Bertz CT molecular complexity index is 374. The first-order valence-electron chi connectivity index (χ1n) is 4.59. The van der Waals surface area contributed by atoms with Gasteiger partial charge in [-0.15, -0.1) is 12.4 Å². The molecule has 4 nitrogen and oxygen atoms in total. The molecule has 0 aliphatic heterocycles. The van der Waals surface area contributed by atoms with E-state index in [0.717, 1.165) is 4.47 Å². The van der Waals surface area contributed by atoms with Crippen LogP contribution in [-0.4, -0.2) is 17.1 Å². The molecule has 0 aliphatic carbocycles. The minimum Gasteiger partial charge on any atom is -0.506 e. The summed E-state index contributed by atoms with van der Waals surface area (Å²) in [6.45, 7) is 1.82. The number of rotatable bonds is 3. The predicted molar refractivity (Wildman–Crippen MR) is 70.0 cm³/mol. The van der Waals surface area contributed by atoms with Crippen LogP contribution in [-0.2, 0) is 4.79 Å². The van der Waals surface area contributed by atoms with Crippen LogP contribution >= 0.6 is 28.3 Å². The molecule has 0 aromatic heterocycles. The highest BCUT2D eigenvalue weighted by Crippen LogP contribution is 2.26. The van der Waals surface area contributed by atoms with E-state index in [1.165, 1.54) is 6.07 Å². The summed E-state index contributed by atoms with van der Waals surface area (Å²) in [5.74, 6) is -0.277. The highest BCUT2D eigenvalue weighted by Gasteiger charge is 2.12. The maximum Gasteiger partial charge on any atom is 0.241 e. The van der Waals surface area contributed by atoms with Gasteiger partial charge in [0.2, 0.25) is 5.91 Å². The molecule has 1 atom stereocenters. The van der Waals surface area contributed by atoms with Gasteiger partial charge in [0.25, 0.3) is 0 Å². The molecule has 0 unspecified atom stereocenters. The third kappa shape index (κ3) is 4.00. The highest BCUT2D eigenvalue weighted by atomic mass is 79.9. The van der Waals surface area contributed by atoms with E-state index in [9.17, 15) is 9.90 Å². The molecule has 0 heterocycles. The third-order valence-corrected chi connectivity index (χ3v) is 2.49. The second-order valence-corrected chi connectivity index (χ2v) is 4.08. The number of nitrogens with two attached hydrogens (primary N) is 1. The van der Waals surface area contributed by atoms with Crippen LogP contribution in [0.4, 0.5) is 5.69 Å². The van der Waals surface area contributed by atoms with Gasteiger partial charge in [-0.2, -0.15) is 0 Å². The van der Waals surface area contributed by atoms with Crippen molar-refractivity contribution >= 4 is 39.9 Å². The summed E-state index contributed by atoms with van der Waals surface area (Å²) < 4.78 is 0.778. The lowest BCUT2D eigenvalue weighted by Gasteiger charge is -2.11. The van der Waals surface area contributed by atoms with Crippen LogP contribution < -0.4 is 11.1 Å². The van der Waals surface area contributed by atoms with E-state index in [0.29, 0.717) is 12.1 Å². The van der Waals surface area contributed by atoms with Crippen LogP contribution in [0.15, 0.2) is 22.7 Å². The second-order valence-electron chi connectivity index (χ2n) is 3.17. The predicted octanol–water partition coefficient (Wildman–Crippen LogP) is 2.25. The van der Waals surface area contributed by atoms with Gasteiger partial charge < -0.3 is 16.2 Å². The number of anilines is 1. The van der Waals surface area contributed by atoms with E-state index in [1.807, 2.05) is 6.92 Å². The molecule has 0 fully saturated rings. The number of amides is 1. The smallest absolute Gasteiger partial charge is 0.241 e. The molecule has 0 aliphatic rings. The molecular weight excluding hydrogens is 295 g/mol. The number of nitrogens with one attached hydrogen (secondary N) is 1. The van der Waals surface area contributed by atoms with Gasteiger partial charge in [-0.05, 0) is 24.6 Å². The number of hydrogen-bond acceptors (Lipinski definition) is 3. The summed E-state index contributed by atoms with van der Waals surface area (Å²) in [7, 11) is 0. The molecule has 1 aromatic rings. The number of aromatic hydroxyl groups is 1. The Balaban J connectivity index is 0.00000225. The molecule has 90 valence electrons. The van der Waals surface area contributed by atoms with Crippen LogP contribution in [0, 0.1) is 0 Å². The topological polar surface area (TPSA) is 75.4 Å². The van der Waals surface area contributed by atoms with Gasteiger partial charge in [-0.25, -0.2) is 0 Å². The molecule has 0 bridgehead atoms. The van der Waals surface area contributed by atoms with Crippen LogP contribution in [0.5, 0.6) is 5.75 Å². The van der Waals surface area contributed by atoms with E-state index in [2.05, 4.69) is 21.2 Å². The first kappa shape index (κ1) is 15.2. The Morgan fingerprint density at radius 3 is 2.81 bits per heavy atom. The van der Waals surface area contributed by atoms with Crippen molar-refractivity contribution < 1.29 is 9.90 Å². The number of carbonyl (C=O) groups excluding carboxylic acids is 1. The summed E-state index contributed by atoms with van der Waals surface area (Å²) in [5, 5.41) is 12.0. The maximum atomic E-state index is 11.4. The van der Waals surface area contributed by atoms with E-state index < -0.39 is 6.04 Å². The first-order valence-corrected chi connectivity index (χ1v) is 5.39. The Labute approximate surface area is 109 Å². The Hall–Kier alpha value is -0.780. The van der Waals surface area contributed by atoms with Crippen LogP contribution in [0.25, 0.3) is 0 Å². The molecule has 4 N–H and O–H groups in total. The largest absolute Gasteiger partial charge is 0.506 e. The average Bonchev–Trinajstić information content (AvgIpc) is 2.22. The zero-order valence-electron chi connectivity index (χ0n) is 8.74. The number of halogens is 2. The molecule has 0 saturated carbocycles. The SMILES string of the molecule is CC[C@H](N)C(=O)Nc1cc(Br)ccc1O.Cl. The van der Waals surface area contributed by atoms with Crippen molar-refractivity contribution in [1.29, 1.82) is 0 Å². The summed E-state index contributed by atoms with van der Waals surface area (Å²) >= 11 is 3.25. The highest BCUT2D eigenvalue weighted by molar-refractivity contribution is 9.10. The lowest BCUT2D eigenvalue weighted by Crippen LogP contribution is -2.34. The van der Waals surface area contributed by atoms with E-state index in [4.69, 9.17) is 5.73 Å². The zero-order chi connectivity index (χ0) is 11.4.